The van der Waals surface area contributed by atoms with Crippen LogP contribution in [0.3, 0.4) is 0 Å². The molecule has 1 aromatic rings. The molecule has 0 aromatic heterocycles. The molecule has 0 fully saturated rings. The number of phenolic OH excluding ortho intramolecular Hbond substituents is 1. The first kappa shape index (κ1) is 9.80. The van der Waals surface area contributed by atoms with E-state index in [9.17, 15) is 5.11 Å². The quantitative estimate of drug-likeness (QED) is 0.841. The molecule has 0 radical (unpaired) electrons. The summed E-state index contributed by atoms with van der Waals surface area (Å²) in [6.07, 6.45) is 2.89. The van der Waals surface area contributed by atoms with Crippen LogP contribution in [-0.4, -0.2) is 10.2 Å². The monoisotopic (exact) mass is 269 g/mol. The number of nitrogens with zero attached hydrogens (tertiary/aromatic N) is 1. The third-order valence-electron chi connectivity index (χ3n) is 1.78. The standard InChI is InChI=1S/C10H8BrNOS/c11-9-5-6-10(14-9)12-7-3-1-2-4-8(7)13/h1-5,13H,6H2. The van der Waals surface area contributed by atoms with E-state index in [0.717, 1.165) is 15.3 Å². The van der Waals surface area contributed by atoms with Crippen LogP contribution in [0.15, 0.2) is 39.1 Å². The lowest BCUT2D eigenvalue weighted by atomic mass is 10.3. The molecule has 14 heavy (non-hydrogen) atoms. The fourth-order valence-electron chi connectivity index (χ4n) is 1.12. The summed E-state index contributed by atoms with van der Waals surface area (Å²) in [5, 5.41) is 10.5. The maximum atomic E-state index is 9.49. The molecule has 1 aliphatic rings. The van der Waals surface area contributed by atoms with Gasteiger partial charge < -0.3 is 5.11 Å². The number of benzene rings is 1. The van der Waals surface area contributed by atoms with E-state index in [4.69, 9.17) is 0 Å². The highest BCUT2D eigenvalue weighted by Crippen LogP contribution is 2.35. The van der Waals surface area contributed by atoms with Crippen LogP contribution in [0, 0.1) is 0 Å². The fourth-order valence-corrected chi connectivity index (χ4v) is 2.55. The molecule has 0 atom stereocenters. The minimum Gasteiger partial charge on any atom is -0.506 e. The number of halogens is 1. The average Bonchev–Trinajstić information content (AvgIpc) is 2.56. The topological polar surface area (TPSA) is 32.6 Å². The molecule has 0 bridgehead atoms. The zero-order valence-electron chi connectivity index (χ0n) is 7.27. The van der Waals surface area contributed by atoms with Crippen LogP contribution in [-0.2, 0) is 0 Å². The number of hydrogen-bond acceptors (Lipinski definition) is 3. The average molecular weight is 270 g/mol. The number of para-hydroxylation sites is 2. The Balaban J connectivity index is 2.23. The van der Waals surface area contributed by atoms with Crippen LogP contribution in [0.5, 0.6) is 5.75 Å². The number of allylic oxidation sites excluding steroid dienone is 1. The molecular formula is C10H8BrNOS. The Morgan fingerprint density at radius 2 is 2.14 bits per heavy atom. The fraction of sp³-hybridized carbons (Fsp3) is 0.100. The van der Waals surface area contributed by atoms with Crippen LogP contribution in [0.1, 0.15) is 6.42 Å². The van der Waals surface area contributed by atoms with E-state index in [1.807, 2.05) is 6.07 Å². The lowest BCUT2D eigenvalue weighted by Crippen LogP contribution is -1.81. The lowest BCUT2D eigenvalue weighted by Gasteiger charge is -1.99. The first-order chi connectivity index (χ1) is 6.75. The third kappa shape index (κ3) is 2.19. The Labute approximate surface area is 94.9 Å². The van der Waals surface area contributed by atoms with E-state index >= 15 is 0 Å². The Morgan fingerprint density at radius 3 is 2.79 bits per heavy atom. The van der Waals surface area contributed by atoms with Gasteiger partial charge in [0.15, 0.2) is 0 Å². The summed E-state index contributed by atoms with van der Waals surface area (Å²) in [6.45, 7) is 0. The van der Waals surface area contributed by atoms with Crippen molar-refractivity contribution in [2.75, 3.05) is 0 Å². The van der Waals surface area contributed by atoms with Gasteiger partial charge in [0.1, 0.15) is 11.4 Å². The number of rotatable bonds is 1. The van der Waals surface area contributed by atoms with Crippen molar-refractivity contribution in [2.24, 2.45) is 4.99 Å². The van der Waals surface area contributed by atoms with Crippen LogP contribution in [0.4, 0.5) is 5.69 Å². The summed E-state index contributed by atoms with van der Waals surface area (Å²) in [4.78, 5) is 4.36. The van der Waals surface area contributed by atoms with Crippen LogP contribution >= 0.6 is 27.7 Å². The van der Waals surface area contributed by atoms with E-state index in [0.29, 0.717) is 5.69 Å². The molecule has 0 spiro atoms. The predicted octanol–water partition coefficient (Wildman–Crippen LogP) is 3.80. The van der Waals surface area contributed by atoms with Gasteiger partial charge in [-0.3, -0.25) is 0 Å². The zero-order chi connectivity index (χ0) is 9.97. The molecule has 2 nitrogen and oxygen atoms in total. The Hall–Kier alpha value is -0.740. The van der Waals surface area contributed by atoms with Crippen LogP contribution in [0.2, 0.25) is 0 Å². The molecule has 0 aliphatic carbocycles. The number of phenols is 1. The first-order valence-corrected chi connectivity index (χ1v) is 5.76. The lowest BCUT2D eigenvalue weighted by molar-refractivity contribution is 0.477. The zero-order valence-corrected chi connectivity index (χ0v) is 9.68. The maximum absolute atomic E-state index is 9.49. The Morgan fingerprint density at radius 1 is 1.36 bits per heavy atom. The number of hydrogen-bond donors (Lipinski definition) is 1. The van der Waals surface area contributed by atoms with Crippen LogP contribution in [0.25, 0.3) is 0 Å². The molecule has 1 heterocycles. The van der Waals surface area contributed by atoms with Crippen molar-refractivity contribution >= 4 is 38.4 Å². The predicted molar refractivity (Wildman–Crippen MR) is 64.4 cm³/mol. The van der Waals surface area contributed by atoms with E-state index in [2.05, 4.69) is 27.0 Å². The normalized spacial score (nSPS) is 18.6. The molecule has 1 aliphatic heterocycles. The number of aliphatic imine (C=N–C) groups is 1. The van der Waals surface area contributed by atoms with Crippen molar-refractivity contribution in [1.82, 2.24) is 0 Å². The molecule has 4 heteroatoms. The van der Waals surface area contributed by atoms with Gasteiger partial charge in [-0.25, -0.2) is 4.99 Å². The van der Waals surface area contributed by atoms with Gasteiger partial charge in [-0.1, -0.05) is 30.0 Å². The first-order valence-electron chi connectivity index (χ1n) is 4.15. The molecule has 1 N–H and O–H groups in total. The van der Waals surface area contributed by atoms with E-state index in [1.54, 1.807) is 30.0 Å². The van der Waals surface area contributed by atoms with E-state index in [1.165, 1.54) is 0 Å². The molecule has 2 rings (SSSR count). The summed E-state index contributed by atoms with van der Waals surface area (Å²) in [5.74, 6) is 0.226. The van der Waals surface area contributed by atoms with Gasteiger partial charge in [0.25, 0.3) is 0 Å². The molecule has 0 unspecified atom stereocenters. The Bertz CT molecular complexity index is 414. The summed E-state index contributed by atoms with van der Waals surface area (Å²) < 4.78 is 1.09. The number of aromatic hydroxyl groups is 1. The SMILES string of the molecule is Oc1ccccc1N=C1CC=C(Br)S1. The summed E-state index contributed by atoms with van der Waals surface area (Å²) in [7, 11) is 0. The van der Waals surface area contributed by atoms with Gasteiger partial charge in [0, 0.05) is 6.42 Å². The van der Waals surface area contributed by atoms with Crippen molar-refractivity contribution in [3.05, 3.63) is 34.2 Å². The van der Waals surface area contributed by atoms with E-state index in [-0.39, 0.29) is 5.75 Å². The summed E-state index contributed by atoms with van der Waals surface area (Å²) in [6, 6.07) is 7.09. The molecule has 0 saturated carbocycles. The van der Waals surface area contributed by atoms with Gasteiger partial charge in [-0.2, -0.15) is 0 Å². The summed E-state index contributed by atoms with van der Waals surface area (Å²) >= 11 is 4.98. The van der Waals surface area contributed by atoms with Gasteiger partial charge in [0.05, 0.1) is 8.86 Å². The Kier molecular flexibility index (Phi) is 2.93. The van der Waals surface area contributed by atoms with Crippen LogP contribution < -0.4 is 0 Å². The highest BCUT2D eigenvalue weighted by molar-refractivity contribution is 9.14. The molecule has 0 saturated heterocycles. The van der Waals surface area contributed by atoms with Gasteiger partial charge in [0.2, 0.25) is 0 Å². The third-order valence-corrected chi connectivity index (χ3v) is 3.44. The van der Waals surface area contributed by atoms with Crippen molar-refractivity contribution in [3.8, 4) is 5.75 Å². The second-order valence-electron chi connectivity index (χ2n) is 2.81. The number of thioether (sulfide) groups is 1. The second kappa shape index (κ2) is 4.19. The highest BCUT2D eigenvalue weighted by Gasteiger charge is 2.10. The largest absolute Gasteiger partial charge is 0.506 e. The minimum absolute atomic E-state index is 0.226. The second-order valence-corrected chi connectivity index (χ2v) is 5.30. The molecular weight excluding hydrogens is 262 g/mol. The van der Waals surface area contributed by atoms with Crippen molar-refractivity contribution in [2.45, 2.75) is 6.42 Å². The van der Waals surface area contributed by atoms with Crippen molar-refractivity contribution < 1.29 is 5.11 Å². The molecule has 0 amide bonds. The van der Waals surface area contributed by atoms with Gasteiger partial charge in [-0.05, 0) is 28.1 Å². The van der Waals surface area contributed by atoms with E-state index < -0.39 is 0 Å². The van der Waals surface area contributed by atoms with Crippen molar-refractivity contribution in [3.63, 3.8) is 0 Å². The van der Waals surface area contributed by atoms with Gasteiger partial charge >= 0.3 is 0 Å². The highest BCUT2D eigenvalue weighted by atomic mass is 79.9. The smallest absolute Gasteiger partial charge is 0.141 e. The molecule has 72 valence electrons. The van der Waals surface area contributed by atoms with Crippen molar-refractivity contribution in [1.29, 1.82) is 0 Å². The summed E-state index contributed by atoms with van der Waals surface area (Å²) in [5.41, 5.74) is 0.630. The molecule has 1 aromatic carbocycles. The minimum atomic E-state index is 0.226. The maximum Gasteiger partial charge on any atom is 0.141 e. The van der Waals surface area contributed by atoms with Gasteiger partial charge in [-0.15, -0.1) is 0 Å².